The fourth-order valence-corrected chi connectivity index (χ4v) is 5.86. The van der Waals surface area contributed by atoms with E-state index in [4.69, 9.17) is 4.74 Å². The van der Waals surface area contributed by atoms with Gasteiger partial charge in [-0.2, -0.15) is 23.4 Å². The van der Waals surface area contributed by atoms with Crippen LogP contribution in [0, 0.1) is 11.8 Å². The second-order valence-corrected chi connectivity index (χ2v) is 10.8. The van der Waals surface area contributed by atoms with Crippen molar-refractivity contribution in [2.75, 3.05) is 25.1 Å². The summed E-state index contributed by atoms with van der Waals surface area (Å²) in [7, 11) is 0. The van der Waals surface area contributed by atoms with E-state index in [1.165, 1.54) is 10.7 Å². The Kier molecular flexibility index (Phi) is 6.71. The Hall–Kier alpha value is -3.21. The number of nitrogens with one attached hydrogen (secondary N) is 3. The lowest BCUT2D eigenvalue weighted by molar-refractivity contribution is -0.0328. The predicted octanol–water partition coefficient (Wildman–Crippen LogP) is 3.19. The van der Waals surface area contributed by atoms with Gasteiger partial charge < -0.3 is 20.7 Å². The zero-order chi connectivity index (χ0) is 26.3. The molecule has 9 nitrogen and oxygen atoms in total. The Balaban J connectivity index is 1.20. The average Bonchev–Trinajstić information content (AvgIpc) is 3.56. The number of nitrogens with zero attached hydrogens (tertiary/aromatic N) is 4. The number of hydrogen-bond donors (Lipinski definition) is 3. The first kappa shape index (κ1) is 25.1. The minimum Gasteiger partial charge on any atom is -0.377 e. The van der Waals surface area contributed by atoms with E-state index < -0.39 is 5.51 Å². The number of aromatic nitrogens is 4. The molecule has 0 aromatic carbocycles. The number of hydrogen-bond acceptors (Lipinski definition) is 7. The van der Waals surface area contributed by atoms with Crippen molar-refractivity contribution >= 4 is 29.0 Å². The van der Waals surface area contributed by atoms with E-state index >= 15 is 0 Å². The molecule has 6 heterocycles. The molecule has 3 fully saturated rings. The molecule has 0 spiro atoms. The van der Waals surface area contributed by atoms with Gasteiger partial charge in [0, 0.05) is 24.3 Å². The number of fused-ring (bicyclic) bond motifs is 3. The summed E-state index contributed by atoms with van der Waals surface area (Å²) in [5.74, 6) is 5.74. The third-order valence-electron chi connectivity index (χ3n) is 7.15. The number of ether oxygens (including phenoxy) is 1. The molecule has 38 heavy (non-hydrogen) atoms. The number of thioether (sulfide) groups is 1. The Bertz CT molecular complexity index is 1410. The van der Waals surface area contributed by atoms with Crippen LogP contribution >= 0.6 is 11.8 Å². The number of halogens is 3. The molecule has 200 valence electrons. The number of carbonyl (C=O) groups excluding carboxylic acids is 1. The second kappa shape index (κ2) is 10.2. The molecule has 0 saturated carbocycles. The fourth-order valence-electron chi connectivity index (χ4n) is 5.18. The minimum atomic E-state index is -4.50. The molecule has 0 aliphatic carbocycles. The average molecular weight is 546 g/mol. The van der Waals surface area contributed by atoms with Crippen LogP contribution in [0.25, 0.3) is 5.52 Å². The maximum absolute atomic E-state index is 13.5. The zero-order valence-corrected chi connectivity index (χ0v) is 21.1. The van der Waals surface area contributed by atoms with Gasteiger partial charge >= 0.3 is 5.51 Å². The summed E-state index contributed by atoms with van der Waals surface area (Å²) < 4.78 is 48.7. The summed E-state index contributed by atoms with van der Waals surface area (Å²) in [6, 6.07) is 6.34. The molecule has 2 bridgehead atoms. The molecule has 3 saturated heterocycles. The number of pyridine rings is 1. The number of amides is 1. The van der Waals surface area contributed by atoms with Gasteiger partial charge in [-0.1, -0.05) is 12.0 Å². The number of alkyl halides is 3. The van der Waals surface area contributed by atoms with Gasteiger partial charge in [0.05, 0.1) is 48.0 Å². The topological polar surface area (TPSA) is 97.5 Å². The first-order chi connectivity index (χ1) is 18.3. The lowest BCUT2D eigenvalue weighted by Crippen LogP contribution is -2.47. The van der Waals surface area contributed by atoms with E-state index in [-0.39, 0.29) is 46.9 Å². The van der Waals surface area contributed by atoms with E-state index in [2.05, 4.69) is 38.0 Å². The summed E-state index contributed by atoms with van der Waals surface area (Å²) in [5.41, 5.74) is -3.79. The largest absolute Gasteiger partial charge is 0.446 e. The number of carbonyl (C=O) groups is 1. The lowest BCUT2D eigenvalue weighted by Gasteiger charge is -2.31. The Morgan fingerprint density at radius 3 is 2.87 bits per heavy atom. The molecule has 3 atom stereocenters. The normalized spacial score (nSPS) is 23.1. The van der Waals surface area contributed by atoms with Crippen molar-refractivity contribution in [1.29, 1.82) is 0 Å². The van der Waals surface area contributed by atoms with Crippen molar-refractivity contribution in [3.63, 3.8) is 0 Å². The molecule has 6 rings (SSSR count). The van der Waals surface area contributed by atoms with Crippen LogP contribution in [-0.2, 0) is 4.74 Å². The lowest BCUT2D eigenvalue weighted by atomic mass is 10.00. The highest BCUT2D eigenvalue weighted by atomic mass is 32.2. The van der Waals surface area contributed by atoms with Crippen LogP contribution in [0.2, 0.25) is 0 Å². The summed E-state index contributed by atoms with van der Waals surface area (Å²) in [6.07, 6.45) is 7.38. The van der Waals surface area contributed by atoms with Gasteiger partial charge in [0.25, 0.3) is 5.91 Å². The van der Waals surface area contributed by atoms with Crippen LogP contribution < -0.4 is 16.0 Å². The summed E-state index contributed by atoms with van der Waals surface area (Å²) in [5, 5.41) is 18.4. The van der Waals surface area contributed by atoms with Gasteiger partial charge in [-0.3, -0.25) is 9.48 Å². The van der Waals surface area contributed by atoms with E-state index in [0.29, 0.717) is 42.2 Å². The minimum absolute atomic E-state index is 0.0105. The molecule has 3 aliphatic rings. The summed E-state index contributed by atoms with van der Waals surface area (Å²) in [6.45, 7) is 1.06. The van der Waals surface area contributed by atoms with E-state index in [9.17, 15) is 18.0 Å². The Morgan fingerprint density at radius 2 is 2.08 bits per heavy atom. The van der Waals surface area contributed by atoms with Gasteiger partial charge in [-0.15, -0.1) is 0 Å². The van der Waals surface area contributed by atoms with Crippen LogP contribution in [0.4, 0.5) is 19.0 Å². The van der Waals surface area contributed by atoms with Gasteiger partial charge in [0.15, 0.2) is 0 Å². The van der Waals surface area contributed by atoms with Gasteiger partial charge in [-0.25, -0.2) is 4.52 Å². The third kappa shape index (κ3) is 5.21. The van der Waals surface area contributed by atoms with Crippen LogP contribution in [0.15, 0.2) is 35.5 Å². The number of anilines is 1. The number of rotatable bonds is 6. The highest BCUT2D eigenvalue weighted by Gasteiger charge is 2.36. The summed E-state index contributed by atoms with van der Waals surface area (Å²) >= 11 is -0.230. The maximum Gasteiger partial charge on any atom is 0.446 e. The maximum atomic E-state index is 13.5. The molecule has 0 radical (unpaired) electrons. The molecule has 3 aliphatic heterocycles. The quantitative estimate of drug-likeness (QED) is 0.323. The van der Waals surface area contributed by atoms with Gasteiger partial charge in [-0.05, 0) is 55.5 Å². The molecule has 3 aromatic rings. The zero-order valence-electron chi connectivity index (χ0n) is 20.3. The molecular weight excluding hydrogens is 519 g/mol. The Morgan fingerprint density at radius 1 is 1.24 bits per heavy atom. The first-order valence-electron chi connectivity index (χ1n) is 12.5. The molecule has 1 amide bonds. The van der Waals surface area contributed by atoms with Crippen molar-refractivity contribution in [1.82, 2.24) is 30.0 Å². The number of piperidine rings is 1. The van der Waals surface area contributed by atoms with Crippen molar-refractivity contribution in [3.8, 4) is 11.8 Å². The Labute approximate surface area is 220 Å². The third-order valence-corrected chi connectivity index (χ3v) is 7.99. The highest BCUT2D eigenvalue weighted by Crippen LogP contribution is 2.41. The van der Waals surface area contributed by atoms with E-state index in [0.717, 1.165) is 25.7 Å². The van der Waals surface area contributed by atoms with E-state index in [1.807, 2.05) is 6.07 Å². The highest BCUT2D eigenvalue weighted by molar-refractivity contribution is 8.00. The van der Waals surface area contributed by atoms with Gasteiger partial charge in [0.1, 0.15) is 11.5 Å². The standard InChI is InChI=1S/C25H26F3N7O2S/c26-25(27,28)38-23-20(3-2-10-29-24(36)15-11-30-34(12-15)17-13-37-14-17)33-35-21(23)4-1-5-22(35)32-19-9-7-16-6-8-18(19)31-16/h1,4-5,11-12,16-19,31-32H,6-10,13-14H2,(H,29,36)/t16-,18+,19+/m0/s1. The van der Waals surface area contributed by atoms with Gasteiger partial charge in [0.2, 0.25) is 0 Å². The van der Waals surface area contributed by atoms with Crippen LogP contribution in [0.1, 0.15) is 47.8 Å². The SMILES string of the molecule is O=C(NCC#Cc1nn2c(N[C@@H]3CC[C@@H]4CC[C@H]3N4)cccc2c1SC(F)(F)F)c1cnn(C2COC2)c1. The molecule has 3 aromatic heterocycles. The molecule has 3 N–H and O–H groups in total. The van der Waals surface area contributed by atoms with Crippen molar-refractivity contribution in [2.45, 2.75) is 60.3 Å². The van der Waals surface area contributed by atoms with Crippen LogP contribution in [0.3, 0.4) is 0 Å². The molecule has 13 heteroatoms. The fraction of sp³-hybridized carbons (Fsp3) is 0.480. The summed E-state index contributed by atoms with van der Waals surface area (Å²) in [4.78, 5) is 12.4. The predicted molar refractivity (Wildman–Crippen MR) is 135 cm³/mol. The van der Waals surface area contributed by atoms with Crippen molar-refractivity contribution < 1.29 is 22.7 Å². The molecular formula is C25H26F3N7O2S. The first-order valence-corrected chi connectivity index (χ1v) is 13.3. The van der Waals surface area contributed by atoms with Crippen molar-refractivity contribution in [3.05, 3.63) is 41.9 Å². The van der Waals surface area contributed by atoms with Crippen molar-refractivity contribution in [2.24, 2.45) is 0 Å². The molecule has 0 unspecified atom stereocenters. The van der Waals surface area contributed by atoms with Crippen LogP contribution in [0.5, 0.6) is 0 Å². The smallest absolute Gasteiger partial charge is 0.377 e. The van der Waals surface area contributed by atoms with E-state index in [1.54, 1.807) is 23.0 Å². The second-order valence-electron chi connectivity index (χ2n) is 9.69. The monoisotopic (exact) mass is 545 g/mol. The van der Waals surface area contributed by atoms with Crippen LogP contribution in [-0.4, -0.2) is 68.7 Å².